The molecule has 1 aliphatic heterocycles. The molecule has 1 aliphatic rings. The van der Waals surface area contributed by atoms with Gasteiger partial charge in [0.15, 0.2) is 0 Å². The summed E-state index contributed by atoms with van der Waals surface area (Å²) in [5, 5.41) is 5.48. The zero-order chi connectivity index (χ0) is 19.2. The van der Waals surface area contributed by atoms with Crippen LogP contribution in [0.2, 0.25) is 0 Å². The summed E-state index contributed by atoms with van der Waals surface area (Å²) in [6.45, 7) is -2.35. The van der Waals surface area contributed by atoms with Crippen LogP contribution in [0.3, 0.4) is 0 Å². The molecular formula is C19H19F2N3O3. The summed E-state index contributed by atoms with van der Waals surface area (Å²) in [6.07, 6.45) is 1.40. The molecule has 1 fully saturated rings. The SMILES string of the molecule is O=C(CNc1ccccc1OC(F)F)Nc1ccc(N2CCCC2=O)cc1. The highest BCUT2D eigenvalue weighted by molar-refractivity contribution is 5.96. The second-order valence-corrected chi connectivity index (χ2v) is 5.97. The molecule has 0 atom stereocenters. The lowest BCUT2D eigenvalue weighted by Crippen LogP contribution is -2.24. The van der Waals surface area contributed by atoms with Crippen molar-refractivity contribution in [1.82, 2.24) is 0 Å². The Kier molecular flexibility index (Phi) is 5.85. The Labute approximate surface area is 155 Å². The van der Waals surface area contributed by atoms with Crippen LogP contribution in [-0.4, -0.2) is 31.5 Å². The van der Waals surface area contributed by atoms with Crippen molar-refractivity contribution < 1.29 is 23.1 Å². The van der Waals surface area contributed by atoms with Gasteiger partial charge in [0.2, 0.25) is 11.8 Å². The molecule has 2 N–H and O–H groups in total. The van der Waals surface area contributed by atoms with E-state index in [1.807, 2.05) is 0 Å². The van der Waals surface area contributed by atoms with Gasteiger partial charge in [-0.3, -0.25) is 9.59 Å². The second kappa shape index (κ2) is 8.48. The van der Waals surface area contributed by atoms with Gasteiger partial charge in [0, 0.05) is 24.3 Å². The lowest BCUT2D eigenvalue weighted by atomic mass is 10.2. The van der Waals surface area contributed by atoms with E-state index >= 15 is 0 Å². The van der Waals surface area contributed by atoms with E-state index in [2.05, 4.69) is 15.4 Å². The van der Waals surface area contributed by atoms with Gasteiger partial charge in [0.1, 0.15) is 5.75 Å². The van der Waals surface area contributed by atoms with Crippen LogP contribution >= 0.6 is 0 Å². The number of nitrogens with zero attached hydrogens (tertiary/aromatic N) is 1. The molecule has 3 rings (SSSR count). The fourth-order valence-corrected chi connectivity index (χ4v) is 2.84. The molecule has 6 nitrogen and oxygen atoms in total. The van der Waals surface area contributed by atoms with Gasteiger partial charge in [0.05, 0.1) is 12.2 Å². The molecule has 27 heavy (non-hydrogen) atoms. The average molecular weight is 375 g/mol. The van der Waals surface area contributed by atoms with E-state index in [-0.39, 0.29) is 24.1 Å². The van der Waals surface area contributed by atoms with Crippen molar-refractivity contribution in [2.45, 2.75) is 19.5 Å². The summed E-state index contributed by atoms with van der Waals surface area (Å²) >= 11 is 0. The van der Waals surface area contributed by atoms with Crippen LogP contribution in [0.4, 0.5) is 25.8 Å². The summed E-state index contributed by atoms with van der Waals surface area (Å²) in [7, 11) is 0. The molecule has 8 heteroatoms. The van der Waals surface area contributed by atoms with Crippen molar-refractivity contribution in [2.24, 2.45) is 0 Å². The third kappa shape index (κ3) is 4.93. The van der Waals surface area contributed by atoms with Gasteiger partial charge in [-0.25, -0.2) is 0 Å². The molecule has 0 saturated carbocycles. The lowest BCUT2D eigenvalue weighted by Gasteiger charge is -2.16. The van der Waals surface area contributed by atoms with Crippen LogP contribution in [-0.2, 0) is 9.59 Å². The second-order valence-electron chi connectivity index (χ2n) is 5.97. The quantitative estimate of drug-likeness (QED) is 0.778. The van der Waals surface area contributed by atoms with Crippen LogP contribution < -0.4 is 20.3 Å². The molecule has 142 valence electrons. The van der Waals surface area contributed by atoms with Gasteiger partial charge in [-0.05, 0) is 42.8 Å². The van der Waals surface area contributed by atoms with E-state index in [1.54, 1.807) is 47.4 Å². The fourth-order valence-electron chi connectivity index (χ4n) is 2.84. The number of anilines is 3. The number of hydrogen-bond donors (Lipinski definition) is 2. The first-order valence-corrected chi connectivity index (χ1v) is 8.51. The Balaban J connectivity index is 1.55. The van der Waals surface area contributed by atoms with Crippen molar-refractivity contribution in [3.63, 3.8) is 0 Å². The normalized spacial score (nSPS) is 13.7. The van der Waals surface area contributed by atoms with Crippen LogP contribution in [0.25, 0.3) is 0 Å². The first-order chi connectivity index (χ1) is 13.0. The van der Waals surface area contributed by atoms with E-state index in [9.17, 15) is 18.4 Å². The molecule has 0 aliphatic carbocycles. The molecular weight excluding hydrogens is 356 g/mol. The minimum Gasteiger partial charge on any atom is -0.433 e. The van der Waals surface area contributed by atoms with E-state index in [4.69, 9.17) is 0 Å². The van der Waals surface area contributed by atoms with Crippen molar-refractivity contribution in [3.05, 3.63) is 48.5 Å². The van der Waals surface area contributed by atoms with Crippen LogP contribution in [0.15, 0.2) is 48.5 Å². The molecule has 1 heterocycles. The number of benzene rings is 2. The minimum absolute atomic E-state index is 0.0278. The van der Waals surface area contributed by atoms with Crippen LogP contribution in [0, 0.1) is 0 Å². The number of amides is 2. The van der Waals surface area contributed by atoms with Gasteiger partial charge in [-0.2, -0.15) is 8.78 Å². The summed E-state index contributed by atoms with van der Waals surface area (Å²) in [5.41, 5.74) is 1.68. The maximum atomic E-state index is 12.4. The molecule has 0 bridgehead atoms. The first kappa shape index (κ1) is 18.6. The van der Waals surface area contributed by atoms with Gasteiger partial charge in [0.25, 0.3) is 0 Å². The van der Waals surface area contributed by atoms with E-state index in [0.29, 0.717) is 24.3 Å². The molecule has 0 unspecified atom stereocenters. The standard InChI is InChI=1S/C19H19F2N3O3/c20-19(21)27-16-5-2-1-4-15(16)22-12-17(25)23-13-7-9-14(10-8-13)24-11-3-6-18(24)26/h1-2,4-5,7-10,19,22H,3,6,11-12H2,(H,23,25). The summed E-state index contributed by atoms with van der Waals surface area (Å²) in [4.78, 5) is 25.5. The van der Waals surface area contributed by atoms with Crippen LogP contribution in [0.5, 0.6) is 5.75 Å². The summed E-state index contributed by atoms with van der Waals surface area (Å²) in [6, 6.07) is 13.1. The smallest absolute Gasteiger partial charge is 0.387 e. The highest BCUT2D eigenvalue weighted by Gasteiger charge is 2.21. The third-order valence-corrected chi connectivity index (χ3v) is 4.08. The Bertz CT molecular complexity index is 812. The van der Waals surface area contributed by atoms with E-state index in [1.165, 1.54) is 6.07 Å². The predicted octanol–water partition coefficient (Wildman–Crippen LogP) is 3.47. The fraction of sp³-hybridized carbons (Fsp3) is 0.263. The van der Waals surface area contributed by atoms with Gasteiger partial charge < -0.3 is 20.3 Å². The first-order valence-electron chi connectivity index (χ1n) is 8.51. The topological polar surface area (TPSA) is 70.7 Å². The number of halogens is 2. The van der Waals surface area contributed by atoms with Crippen molar-refractivity contribution in [3.8, 4) is 5.75 Å². The molecule has 0 aromatic heterocycles. The van der Waals surface area contributed by atoms with Crippen LogP contribution in [0.1, 0.15) is 12.8 Å². The number of rotatable bonds is 7. The van der Waals surface area contributed by atoms with Gasteiger partial charge >= 0.3 is 6.61 Å². The Morgan fingerprint density at radius 1 is 1.15 bits per heavy atom. The number of nitrogens with one attached hydrogen (secondary N) is 2. The Morgan fingerprint density at radius 3 is 2.56 bits per heavy atom. The number of para-hydroxylation sites is 2. The molecule has 2 aromatic rings. The number of hydrogen-bond acceptors (Lipinski definition) is 4. The zero-order valence-corrected chi connectivity index (χ0v) is 14.5. The molecule has 2 aromatic carbocycles. The van der Waals surface area contributed by atoms with E-state index in [0.717, 1.165) is 12.1 Å². The molecule has 0 radical (unpaired) electrons. The number of ether oxygens (including phenoxy) is 1. The van der Waals surface area contributed by atoms with Crippen molar-refractivity contribution >= 4 is 28.9 Å². The Hall–Kier alpha value is -3.16. The van der Waals surface area contributed by atoms with Crippen molar-refractivity contribution in [1.29, 1.82) is 0 Å². The molecule has 0 spiro atoms. The lowest BCUT2D eigenvalue weighted by molar-refractivity contribution is -0.117. The zero-order valence-electron chi connectivity index (χ0n) is 14.5. The monoisotopic (exact) mass is 375 g/mol. The van der Waals surface area contributed by atoms with Crippen molar-refractivity contribution in [2.75, 3.05) is 28.6 Å². The number of alkyl halides is 2. The molecule has 2 amide bonds. The number of carbonyl (C=O) groups is 2. The van der Waals surface area contributed by atoms with Gasteiger partial charge in [-0.1, -0.05) is 12.1 Å². The predicted molar refractivity (Wildman–Crippen MR) is 98.2 cm³/mol. The average Bonchev–Trinajstić information content (AvgIpc) is 3.07. The summed E-state index contributed by atoms with van der Waals surface area (Å²) in [5.74, 6) is -0.271. The highest BCUT2D eigenvalue weighted by Crippen LogP contribution is 2.25. The number of carbonyl (C=O) groups excluding carboxylic acids is 2. The highest BCUT2D eigenvalue weighted by atomic mass is 19.3. The largest absolute Gasteiger partial charge is 0.433 e. The van der Waals surface area contributed by atoms with E-state index < -0.39 is 6.61 Å². The Morgan fingerprint density at radius 2 is 1.89 bits per heavy atom. The van der Waals surface area contributed by atoms with Gasteiger partial charge in [-0.15, -0.1) is 0 Å². The summed E-state index contributed by atoms with van der Waals surface area (Å²) < 4.78 is 29.2. The minimum atomic E-state index is -2.94. The molecule has 1 saturated heterocycles. The maximum Gasteiger partial charge on any atom is 0.387 e. The maximum absolute atomic E-state index is 12.4. The third-order valence-electron chi connectivity index (χ3n) is 4.08.